The lowest BCUT2D eigenvalue weighted by Crippen LogP contribution is -2.32. The maximum absolute atomic E-state index is 11.4. The van der Waals surface area contributed by atoms with Crippen molar-refractivity contribution in [1.29, 1.82) is 0 Å². The standard InChI is InChI=1S/C10H15NO5S/c1-6-4-9(8(3)16-6)7(2)11-17(14,15)5-10(12)13/h4,7,11H,5H2,1-3H3,(H,12,13). The number of aliphatic carboxylic acids is 1. The molecule has 96 valence electrons. The van der Waals surface area contributed by atoms with Gasteiger partial charge in [0, 0.05) is 11.6 Å². The highest BCUT2D eigenvalue weighted by Crippen LogP contribution is 2.21. The second-order valence-electron chi connectivity index (χ2n) is 3.86. The van der Waals surface area contributed by atoms with Crippen molar-refractivity contribution in [2.75, 3.05) is 5.75 Å². The molecule has 1 aromatic heterocycles. The van der Waals surface area contributed by atoms with Gasteiger partial charge in [-0.15, -0.1) is 0 Å². The molecule has 1 rings (SSSR count). The van der Waals surface area contributed by atoms with Crippen LogP contribution in [-0.2, 0) is 14.8 Å². The molecule has 0 aliphatic carbocycles. The van der Waals surface area contributed by atoms with Crippen molar-refractivity contribution in [3.05, 3.63) is 23.2 Å². The fourth-order valence-electron chi connectivity index (χ4n) is 1.62. The molecule has 0 spiro atoms. The van der Waals surface area contributed by atoms with Gasteiger partial charge in [0.05, 0.1) is 0 Å². The van der Waals surface area contributed by atoms with E-state index in [9.17, 15) is 13.2 Å². The van der Waals surface area contributed by atoms with Crippen LogP contribution in [0.3, 0.4) is 0 Å². The SMILES string of the molecule is Cc1cc(C(C)NS(=O)(=O)CC(=O)O)c(C)o1. The van der Waals surface area contributed by atoms with E-state index < -0.39 is 27.8 Å². The van der Waals surface area contributed by atoms with E-state index in [1.54, 1.807) is 26.8 Å². The molecular weight excluding hydrogens is 246 g/mol. The molecular formula is C10H15NO5S. The van der Waals surface area contributed by atoms with Gasteiger partial charge in [-0.05, 0) is 26.8 Å². The fraction of sp³-hybridized carbons (Fsp3) is 0.500. The highest BCUT2D eigenvalue weighted by atomic mass is 32.2. The van der Waals surface area contributed by atoms with Crippen LogP contribution in [0.4, 0.5) is 0 Å². The molecule has 0 aliphatic rings. The van der Waals surface area contributed by atoms with Crippen LogP contribution in [0.25, 0.3) is 0 Å². The van der Waals surface area contributed by atoms with Gasteiger partial charge in [-0.2, -0.15) is 0 Å². The quantitative estimate of drug-likeness (QED) is 0.823. The molecule has 1 heterocycles. The Kier molecular flexibility index (Phi) is 3.94. The summed E-state index contributed by atoms with van der Waals surface area (Å²) in [6.45, 7) is 5.12. The van der Waals surface area contributed by atoms with E-state index in [0.29, 0.717) is 17.1 Å². The van der Waals surface area contributed by atoms with Gasteiger partial charge in [-0.25, -0.2) is 13.1 Å². The van der Waals surface area contributed by atoms with Crippen molar-refractivity contribution >= 4 is 16.0 Å². The molecule has 1 atom stereocenters. The van der Waals surface area contributed by atoms with E-state index in [1.165, 1.54) is 0 Å². The van der Waals surface area contributed by atoms with E-state index in [-0.39, 0.29) is 0 Å². The number of rotatable bonds is 5. The summed E-state index contributed by atoms with van der Waals surface area (Å²) in [7, 11) is -3.83. The number of hydrogen-bond donors (Lipinski definition) is 2. The molecule has 0 saturated heterocycles. The number of sulfonamides is 1. The zero-order valence-electron chi connectivity index (χ0n) is 9.85. The Labute approximate surface area is 99.7 Å². The fourth-order valence-corrected chi connectivity index (χ4v) is 2.69. The summed E-state index contributed by atoms with van der Waals surface area (Å²) in [6.07, 6.45) is 0. The van der Waals surface area contributed by atoms with Crippen molar-refractivity contribution in [2.24, 2.45) is 0 Å². The first-order chi connectivity index (χ1) is 7.71. The first kappa shape index (κ1) is 13.7. The van der Waals surface area contributed by atoms with E-state index in [4.69, 9.17) is 9.52 Å². The lowest BCUT2D eigenvalue weighted by molar-refractivity contribution is -0.134. The highest BCUT2D eigenvalue weighted by Gasteiger charge is 2.21. The Morgan fingerprint density at radius 3 is 2.53 bits per heavy atom. The summed E-state index contributed by atoms with van der Waals surface area (Å²) >= 11 is 0. The smallest absolute Gasteiger partial charge is 0.320 e. The maximum Gasteiger partial charge on any atom is 0.320 e. The van der Waals surface area contributed by atoms with Gasteiger partial charge in [0.15, 0.2) is 5.75 Å². The number of aryl methyl sites for hydroxylation is 2. The molecule has 2 N–H and O–H groups in total. The molecule has 0 radical (unpaired) electrons. The average molecular weight is 261 g/mol. The largest absolute Gasteiger partial charge is 0.480 e. The third kappa shape index (κ3) is 3.86. The number of nitrogens with one attached hydrogen (secondary N) is 1. The summed E-state index contributed by atoms with van der Waals surface area (Å²) in [6, 6.07) is 1.21. The van der Waals surface area contributed by atoms with Gasteiger partial charge in [-0.1, -0.05) is 0 Å². The summed E-state index contributed by atoms with van der Waals surface area (Å²) in [5.41, 5.74) is 0.705. The zero-order valence-corrected chi connectivity index (χ0v) is 10.7. The normalized spacial score (nSPS) is 13.6. The van der Waals surface area contributed by atoms with Crippen LogP contribution in [0.1, 0.15) is 30.0 Å². The Morgan fingerprint density at radius 2 is 2.12 bits per heavy atom. The van der Waals surface area contributed by atoms with E-state index in [1.807, 2.05) is 0 Å². The van der Waals surface area contributed by atoms with Crippen molar-refractivity contribution < 1.29 is 22.7 Å². The molecule has 1 aromatic rings. The Bertz CT molecular complexity index is 517. The lowest BCUT2D eigenvalue weighted by Gasteiger charge is -2.12. The van der Waals surface area contributed by atoms with Gasteiger partial charge >= 0.3 is 5.97 Å². The molecule has 17 heavy (non-hydrogen) atoms. The first-order valence-corrected chi connectivity index (χ1v) is 6.65. The molecule has 0 bridgehead atoms. The summed E-state index contributed by atoms with van der Waals surface area (Å²) in [5, 5.41) is 8.45. The topological polar surface area (TPSA) is 96.6 Å². The van der Waals surface area contributed by atoms with Crippen LogP contribution >= 0.6 is 0 Å². The van der Waals surface area contributed by atoms with Gasteiger partial charge in [0.1, 0.15) is 11.5 Å². The van der Waals surface area contributed by atoms with Crippen LogP contribution < -0.4 is 4.72 Å². The molecule has 7 heteroatoms. The van der Waals surface area contributed by atoms with Crippen LogP contribution in [0.15, 0.2) is 10.5 Å². The van der Waals surface area contributed by atoms with Crippen molar-refractivity contribution in [3.8, 4) is 0 Å². The van der Waals surface area contributed by atoms with Crippen LogP contribution in [0.5, 0.6) is 0 Å². The summed E-state index contributed by atoms with van der Waals surface area (Å²) in [4.78, 5) is 10.4. The molecule has 0 fully saturated rings. The second kappa shape index (κ2) is 4.89. The third-order valence-corrected chi connectivity index (χ3v) is 3.56. The zero-order chi connectivity index (χ0) is 13.2. The maximum atomic E-state index is 11.4. The minimum absolute atomic E-state index is 0.517. The van der Waals surface area contributed by atoms with Crippen molar-refractivity contribution in [1.82, 2.24) is 4.72 Å². The predicted octanol–water partition coefficient (Wildman–Crippen LogP) is 0.961. The van der Waals surface area contributed by atoms with E-state index in [2.05, 4.69) is 4.72 Å². The van der Waals surface area contributed by atoms with Crippen molar-refractivity contribution in [3.63, 3.8) is 0 Å². The van der Waals surface area contributed by atoms with Crippen LogP contribution in [-0.4, -0.2) is 25.2 Å². The molecule has 0 amide bonds. The predicted molar refractivity (Wildman–Crippen MR) is 61.2 cm³/mol. The number of furan rings is 1. The third-order valence-electron chi connectivity index (χ3n) is 2.22. The molecule has 0 aromatic carbocycles. The molecule has 6 nitrogen and oxygen atoms in total. The van der Waals surface area contributed by atoms with Gasteiger partial charge in [0.2, 0.25) is 10.0 Å². The lowest BCUT2D eigenvalue weighted by atomic mass is 10.1. The minimum Gasteiger partial charge on any atom is -0.480 e. The second-order valence-corrected chi connectivity index (χ2v) is 5.61. The van der Waals surface area contributed by atoms with E-state index in [0.717, 1.165) is 0 Å². The van der Waals surface area contributed by atoms with Gasteiger partial charge in [0.25, 0.3) is 0 Å². The molecule has 0 aliphatic heterocycles. The van der Waals surface area contributed by atoms with Crippen LogP contribution in [0, 0.1) is 13.8 Å². The number of carboxylic acids is 1. The van der Waals surface area contributed by atoms with Crippen molar-refractivity contribution in [2.45, 2.75) is 26.8 Å². The summed E-state index contributed by atoms with van der Waals surface area (Å²) in [5.74, 6) is -1.02. The minimum atomic E-state index is -3.83. The monoisotopic (exact) mass is 261 g/mol. The highest BCUT2D eigenvalue weighted by molar-refractivity contribution is 7.90. The summed E-state index contributed by atoms with van der Waals surface area (Å²) < 4.78 is 30.4. The molecule has 1 unspecified atom stereocenters. The Hall–Kier alpha value is -1.34. The molecule has 0 saturated carbocycles. The first-order valence-electron chi connectivity index (χ1n) is 5.00. The van der Waals surface area contributed by atoms with Gasteiger partial charge in [-0.3, -0.25) is 4.79 Å². The number of hydrogen-bond acceptors (Lipinski definition) is 4. The van der Waals surface area contributed by atoms with Gasteiger partial charge < -0.3 is 9.52 Å². The number of carbonyl (C=O) groups is 1. The number of carboxylic acid groups (broad SMARTS) is 1. The Morgan fingerprint density at radius 1 is 1.53 bits per heavy atom. The van der Waals surface area contributed by atoms with E-state index >= 15 is 0 Å². The average Bonchev–Trinajstić information content (AvgIpc) is 2.41. The van der Waals surface area contributed by atoms with Crippen LogP contribution in [0.2, 0.25) is 0 Å². The Balaban J connectivity index is 2.83.